The van der Waals surface area contributed by atoms with Crippen molar-refractivity contribution in [1.29, 1.82) is 0 Å². The zero-order valence-electron chi connectivity index (χ0n) is 6.60. The van der Waals surface area contributed by atoms with Crippen molar-refractivity contribution in [3.8, 4) is 0 Å². The van der Waals surface area contributed by atoms with Crippen molar-refractivity contribution in [1.82, 2.24) is 0 Å². The number of carbonyl (C=O) groups excluding carboxylic acids is 1. The minimum absolute atomic E-state index is 0.189. The van der Waals surface area contributed by atoms with Crippen LogP contribution in [0.3, 0.4) is 0 Å². The summed E-state index contributed by atoms with van der Waals surface area (Å²) >= 11 is 1.68. The first-order valence-electron chi connectivity index (χ1n) is 3.40. The van der Waals surface area contributed by atoms with Crippen LogP contribution in [-0.2, 0) is 11.0 Å². The van der Waals surface area contributed by atoms with E-state index in [-0.39, 0.29) is 9.26 Å². The highest BCUT2D eigenvalue weighted by Gasteiger charge is 2.30. The van der Waals surface area contributed by atoms with Crippen LogP contribution in [0.25, 0.3) is 0 Å². The number of isocyanates is 1. The van der Waals surface area contributed by atoms with Crippen LogP contribution < -0.4 is 0 Å². The largest absolute Gasteiger partial charge is 0.416 e. The van der Waals surface area contributed by atoms with E-state index in [0.717, 1.165) is 18.2 Å². The SMILES string of the molecule is O=C=Nc1ccc(C(F)(F)F)cc1I. The molecule has 1 aromatic carbocycles. The second kappa shape index (κ2) is 4.10. The van der Waals surface area contributed by atoms with Crippen molar-refractivity contribution in [2.24, 2.45) is 4.99 Å². The number of benzene rings is 1. The number of alkyl halides is 3. The van der Waals surface area contributed by atoms with E-state index >= 15 is 0 Å². The molecule has 1 aromatic rings. The molecule has 0 N–H and O–H groups in total. The molecule has 0 bridgehead atoms. The molecule has 0 aliphatic carbocycles. The van der Waals surface area contributed by atoms with E-state index in [1.54, 1.807) is 22.6 Å². The summed E-state index contributed by atoms with van der Waals surface area (Å²) in [6.45, 7) is 0. The second-order valence-corrected chi connectivity index (χ2v) is 3.53. The monoisotopic (exact) mass is 313 g/mol. The first-order chi connectivity index (χ1) is 6.45. The number of nitrogens with zero attached hydrogens (tertiary/aromatic N) is 1. The van der Waals surface area contributed by atoms with E-state index in [2.05, 4.69) is 4.99 Å². The van der Waals surface area contributed by atoms with E-state index in [0.29, 0.717) is 0 Å². The Bertz CT molecular complexity index is 396. The third-order valence-electron chi connectivity index (χ3n) is 1.44. The van der Waals surface area contributed by atoms with E-state index in [1.807, 2.05) is 0 Å². The minimum Gasteiger partial charge on any atom is -0.211 e. The Balaban J connectivity index is 3.19. The van der Waals surface area contributed by atoms with Crippen LogP contribution >= 0.6 is 22.6 Å². The fourth-order valence-corrected chi connectivity index (χ4v) is 1.46. The van der Waals surface area contributed by atoms with Crippen LogP contribution in [0.2, 0.25) is 0 Å². The predicted octanol–water partition coefficient (Wildman–Crippen LogP) is 3.28. The lowest BCUT2D eigenvalue weighted by Gasteiger charge is -2.06. The summed E-state index contributed by atoms with van der Waals surface area (Å²) in [6, 6.07) is 2.94. The molecule has 0 fully saturated rings. The van der Waals surface area contributed by atoms with Crippen LogP contribution in [0, 0.1) is 3.57 Å². The number of hydrogen-bond donors (Lipinski definition) is 0. The van der Waals surface area contributed by atoms with Gasteiger partial charge in [-0.2, -0.15) is 18.2 Å². The van der Waals surface area contributed by atoms with Crippen LogP contribution in [0.4, 0.5) is 18.9 Å². The number of aliphatic imine (C=N–C) groups is 1. The Morgan fingerprint density at radius 1 is 1.36 bits per heavy atom. The maximum Gasteiger partial charge on any atom is 0.416 e. The highest BCUT2D eigenvalue weighted by molar-refractivity contribution is 14.1. The van der Waals surface area contributed by atoms with Crippen molar-refractivity contribution in [2.75, 3.05) is 0 Å². The zero-order chi connectivity index (χ0) is 10.8. The van der Waals surface area contributed by atoms with E-state index in [1.165, 1.54) is 6.08 Å². The van der Waals surface area contributed by atoms with Gasteiger partial charge in [-0.3, -0.25) is 0 Å². The van der Waals surface area contributed by atoms with Gasteiger partial charge >= 0.3 is 6.18 Å². The number of hydrogen-bond acceptors (Lipinski definition) is 2. The summed E-state index contributed by atoms with van der Waals surface area (Å²) in [4.78, 5) is 13.1. The van der Waals surface area contributed by atoms with Gasteiger partial charge in [-0.1, -0.05) is 0 Å². The summed E-state index contributed by atoms with van der Waals surface area (Å²) in [5, 5.41) is 0. The highest BCUT2D eigenvalue weighted by atomic mass is 127. The molecule has 0 atom stereocenters. The molecule has 0 radical (unpaired) electrons. The van der Waals surface area contributed by atoms with Crippen molar-refractivity contribution in [3.05, 3.63) is 27.3 Å². The minimum atomic E-state index is -4.37. The summed E-state index contributed by atoms with van der Waals surface area (Å²) in [6.07, 6.45) is -3.10. The van der Waals surface area contributed by atoms with Gasteiger partial charge in [0.25, 0.3) is 0 Å². The molecule has 6 heteroatoms. The quantitative estimate of drug-likeness (QED) is 0.444. The summed E-state index contributed by atoms with van der Waals surface area (Å²) in [5.74, 6) is 0. The molecule has 1 rings (SSSR count). The van der Waals surface area contributed by atoms with Gasteiger partial charge in [-0.25, -0.2) is 4.79 Å². The van der Waals surface area contributed by atoms with Crippen LogP contribution in [0.15, 0.2) is 23.2 Å². The molecule has 0 aliphatic rings. The van der Waals surface area contributed by atoms with Gasteiger partial charge in [-0.05, 0) is 40.8 Å². The third-order valence-corrected chi connectivity index (χ3v) is 2.31. The molecule has 0 spiro atoms. The first kappa shape index (κ1) is 11.2. The zero-order valence-corrected chi connectivity index (χ0v) is 8.76. The molecular formula is C8H3F3INO. The van der Waals surface area contributed by atoms with Crippen molar-refractivity contribution < 1.29 is 18.0 Å². The van der Waals surface area contributed by atoms with Gasteiger partial charge in [0.05, 0.1) is 11.3 Å². The Kier molecular flexibility index (Phi) is 3.28. The molecule has 0 aliphatic heterocycles. The molecule has 0 amide bonds. The first-order valence-corrected chi connectivity index (χ1v) is 4.47. The Morgan fingerprint density at radius 3 is 2.43 bits per heavy atom. The summed E-state index contributed by atoms with van der Waals surface area (Å²) < 4.78 is 36.8. The molecule has 0 heterocycles. The van der Waals surface area contributed by atoms with E-state index in [4.69, 9.17) is 0 Å². The molecular weight excluding hydrogens is 310 g/mol. The van der Waals surface area contributed by atoms with Crippen LogP contribution in [0.1, 0.15) is 5.56 Å². The van der Waals surface area contributed by atoms with Crippen molar-refractivity contribution in [3.63, 3.8) is 0 Å². The van der Waals surface area contributed by atoms with Crippen LogP contribution in [0.5, 0.6) is 0 Å². The highest BCUT2D eigenvalue weighted by Crippen LogP contribution is 2.32. The molecule has 0 unspecified atom stereocenters. The predicted molar refractivity (Wildman–Crippen MR) is 51.9 cm³/mol. The summed E-state index contributed by atoms with van der Waals surface area (Å²) in [7, 11) is 0. The Hall–Kier alpha value is -0.880. The fraction of sp³-hybridized carbons (Fsp3) is 0.125. The van der Waals surface area contributed by atoms with Crippen molar-refractivity contribution >= 4 is 34.4 Å². The van der Waals surface area contributed by atoms with Crippen molar-refractivity contribution in [2.45, 2.75) is 6.18 Å². The van der Waals surface area contributed by atoms with Gasteiger partial charge in [0.1, 0.15) is 0 Å². The fourth-order valence-electron chi connectivity index (χ4n) is 0.823. The molecule has 0 saturated carbocycles. The maximum atomic E-state index is 12.2. The smallest absolute Gasteiger partial charge is 0.211 e. The molecule has 0 saturated heterocycles. The topological polar surface area (TPSA) is 29.4 Å². The summed E-state index contributed by atoms with van der Waals surface area (Å²) in [5.41, 5.74) is -0.569. The van der Waals surface area contributed by atoms with Gasteiger partial charge in [0, 0.05) is 3.57 Å². The van der Waals surface area contributed by atoms with Gasteiger partial charge in [0.15, 0.2) is 0 Å². The average Bonchev–Trinajstić information content (AvgIpc) is 2.07. The Morgan fingerprint density at radius 2 is 2.00 bits per heavy atom. The molecule has 74 valence electrons. The maximum absolute atomic E-state index is 12.2. The Labute approximate surface area is 91.0 Å². The lowest BCUT2D eigenvalue weighted by molar-refractivity contribution is -0.137. The van der Waals surface area contributed by atoms with Gasteiger partial charge in [0.2, 0.25) is 6.08 Å². The lowest BCUT2D eigenvalue weighted by atomic mass is 10.2. The normalized spacial score (nSPS) is 10.9. The number of rotatable bonds is 1. The molecule has 14 heavy (non-hydrogen) atoms. The number of halogens is 4. The van der Waals surface area contributed by atoms with Crippen LogP contribution in [-0.4, -0.2) is 6.08 Å². The van der Waals surface area contributed by atoms with Gasteiger partial charge < -0.3 is 0 Å². The lowest BCUT2D eigenvalue weighted by Crippen LogP contribution is -2.04. The standard InChI is InChI=1S/C8H3F3INO/c9-8(10,11)5-1-2-7(13-4-14)6(12)3-5/h1-3H. The molecule has 2 nitrogen and oxygen atoms in total. The third kappa shape index (κ3) is 2.55. The van der Waals surface area contributed by atoms with Gasteiger partial charge in [-0.15, -0.1) is 0 Å². The second-order valence-electron chi connectivity index (χ2n) is 2.37. The van der Waals surface area contributed by atoms with E-state index < -0.39 is 11.7 Å². The van der Waals surface area contributed by atoms with E-state index in [9.17, 15) is 18.0 Å². The average molecular weight is 313 g/mol. The molecule has 0 aromatic heterocycles.